The number of pyridine rings is 2. The van der Waals surface area contributed by atoms with Crippen molar-refractivity contribution in [3.63, 3.8) is 0 Å². The Morgan fingerprint density at radius 3 is 1.39 bits per heavy atom. The normalized spacial score (nSPS) is 13.1. The molecular weight excluding hydrogens is 360 g/mol. The summed E-state index contributed by atoms with van der Waals surface area (Å²) in [6.45, 7) is 6.63. The van der Waals surface area contributed by atoms with E-state index in [9.17, 15) is 0 Å². The van der Waals surface area contributed by atoms with Gasteiger partial charge in [-0.1, -0.05) is 0 Å². The van der Waals surface area contributed by atoms with Gasteiger partial charge in [0.25, 0.3) is 0 Å². The van der Waals surface area contributed by atoms with Crippen molar-refractivity contribution in [1.29, 1.82) is 0 Å². The van der Waals surface area contributed by atoms with Crippen LogP contribution in [0.25, 0.3) is 0 Å². The molecule has 0 unspecified atom stereocenters. The maximum atomic E-state index is 5.76. The number of nitrogens with zero attached hydrogens (tertiary/aromatic N) is 2. The van der Waals surface area contributed by atoms with Crippen LogP contribution in [0.15, 0.2) is 36.7 Å². The first-order valence-corrected chi connectivity index (χ1v) is 9.40. The van der Waals surface area contributed by atoms with Gasteiger partial charge in [0.05, 0.1) is 50.2 Å². The molecule has 28 heavy (non-hydrogen) atoms. The lowest BCUT2D eigenvalue weighted by molar-refractivity contribution is 0.0273. The summed E-state index contributed by atoms with van der Waals surface area (Å²) >= 11 is 0. The summed E-state index contributed by atoms with van der Waals surface area (Å²) in [6.07, 6.45) is 3.34. The van der Waals surface area contributed by atoms with E-state index in [1.165, 1.54) is 0 Å². The van der Waals surface area contributed by atoms with Gasteiger partial charge in [0, 0.05) is 12.1 Å². The van der Waals surface area contributed by atoms with E-state index in [1.54, 1.807) is 12.4 Å². The zero-order chi connectivity index (χ0) is 20.2. The van der Waals surface area contributed by atoms with Gasteiger partial charge < -0.3 is 30.4 Å². The molecule has 154 valence electrons. The topological polar surface area (TPSA) is 115 Å². The zero-order valence-corrected chi connectivity index (χ0v) is 16.5. The third kappa shape index (κ3) is 8.18. The summed E-state index contributed by atoms with van der Waals surface area (Å²) < 4.78 is 22.0. The molecule has 8 nitrogen and oxygen atoms in total. The van der Waals surface area contributed by atoms with Crippen molar-refractivity contribution in [3.8, 4) is 11.5 Å². The molecule has 0 aliphatic heterocycles. The Hall–Kier alpha value is -2.26. The van der Waals surface area contributed by atoms with Crippen LogP contribution in [-0.2, 0) is 9.47 Å². The van der Waals surface area contributed by atoms with Gasteiger partial charge in [-0.05, 0) is 38.1 Å². The Morgan fingerprint density at radius 1 is 0.679 bits per heavy atom. The molecule has 2 aromatic rings. The van der Waals surface area contributed by atoms with Crippen molar-refractivity contribution in [1.82, 2.24) is 9.97 Å². The molecule has 2 rings (SSSR count). The van der Waals surface area contributed by atoms with Gasteiger partial charge in [-0.25, -0.2) is 0 Å². The summed E-state index contributed by atoms with van der Waals surface area (Å²) in [5, 5.41) is 0. The summed E-state index contributed by atoms with van der Waals surface area (Å²) in [5.74, 6) is 1.40. The maximum absolute atomic E-state index is 5.76. The summed E-state index contributed by atoms with van der Waals surface area (Å²) in [4.78, 5) is 8.47. The lowest BCUT2D eigenvalue weighted by atomic mass is 10.2. The Bertz CT molecular complexity index is 603. The van der Waals surface area contributed by atoms with Crippen molar-refractivity contribution < 1.29 is 18.9 Å². The second-order valence-electron chi connectivity index (χ2n) is 6.34. The summed E-state index contributed by atoms with van der Waals surface area (Å²) in [6, 6.07) is 7.27. The van der Waals surface area contributed by atoms with Crippen molar-refractivity contribution in [2.45, 2.75) is 25.9 Å². The molecule has 0 saturated heterocycles. The van der Waals surface area contributed by atoms with Crippen LogP contribution in [0.5, 0.6) is 11.5 Å². The predicted octanol–water partition coefficient (Wildman–Crippen LogP) is 2.01. The number of ether oxygens (including phenoxy) is 4. The quantitative estimate of drug-likeness (QED) is 0.499. The molecular formula is C20H30N4O4. The van der Waals surface area contributed by atoms with Crippen molar-refractivity contribution >= 4 is 0 Å². The highest BCUT2D eigenvalue weighted by Crippen LogP contribution is 2.13. The SMILES string of the molecule is C[C@H](N)c1ccc(OCCOCCOCCOc2ccc([C@H](C)N)nc2)cn1. The highest BCUT2D eigenvalue weighted by atomic mass is 16.6. The van der Waals surface area contributed by atoms with Crippen LogP contribution in [0.1, 0.15) is 37.3 Å². The Labute approximate surface area is 166 Å². The molecule has 0 aromatic carbocycles. The molecule has 0 aliphatic rings. The van der Waals surface area contributed by atoms with E-state index >= 15 is 0 Å². The first-order valence-electron chi connectivity index (χ1n) is 9.40. The van der Waals surface area contributed by atoms with Crippen molar-refractivity contribution in [2.24, 2.45) is 11.5 Å². The molecule has 0 bridgehead atoms. The van der Waals surface area contributed by atoms with Crippen LogP contribution in [0.3, 0.4) is 0 Å². The monoisotopic (exact) mass is 390 g/mol. The van der Waals surface area contributed by atoms with Crippen LogP contribution in [0.2, 0.25) is 0 Å². The van der Waals surface area contributed by atoms with Gasteiger partial charge in [-0.3, -0.25) is 9.97 Å². The number of hydrogen-bond acceptors (Lipinski definition) is 8. The number of hydrogen-bond donors (Lipinski definition) is 2. The molecule has 4 N–H and O–H groups in total. The average molecular weight is 390 g/mol. The lowest BCUT2D eigenvalue weighted by Crippen LogP contribution is -2.14. The van der Waals surface area contributed by atoms with E-state index in [2.05, 4.69) is 9.97 Å². The van der Waals surface area contributed by atoms with Crippen LogP contribution in [0.4, 0.5) is 0 Å². The third-order valence-corrected chi connectivity index (χ3v) is 3.82. The molecule has 0 saturated carbocycles. The molecule has 0 spiro atoms. The maximum Gasteiger partial charge on any atom is 0.137 e. The Kier molecular flexibility index (Phi) is 9.64. The Morgan fingerprint density at radius 2 is 1.07 bits per heavy atom. The lowest BCUT2D eigenvalue weighted by Gasteiger charge is -2.10. The van der Waals surface area contributed by atoms with Crippen molar-refractivity contribution in [2.75, 3.05) is 39.6 Å². The molecule has 8 heteroatoms. The minimum absolute atomic E-state index is 0.0834. The second kappa shape index (κ2) is 12.2. The van der Waals surface area contributed by atoms with Gasteiger partial charge in [0.1, 0.15) is 24.7 Å². The second-order valence-corrected chi connectivity index (χ2v) is 6.34. The van der Waals surface area contributed by atoms with E-state index < -0.39 is 0 Å². The largest absolute Gasteiger partial charge is 0.490 e. The molecule has 0 fully saturated rings. The molecule has 0 radical (unpaired) electrons. The Balaban J connectivity index is 1.44. The summed E-state index contributed by atoms with van der Waals surface area (Å²) in [7, 11) is 0. The van der Waals surface area contributed by atoms with Gasteiger partial charge in [0.2, 0.25) is 0 Å². The first-order chi connectivity index (χ1) is 13.6. The fourth-order valence-corrected chi connectivity index (χ4v) is 2.25. The zero-order valence-electron chi connectivity index (χ0n) is 16.5. The minimum Gasteiger partial charge on any atom is -0.490 e. The fraction of sp³-hybridized carbons (Fsp3) is 0.500. The van der Waals surface area contributed by atoms with E-state index in [4.69, 9.17) is 30.4 Å². The number of aromatic nitrogens is 2. The van der Waals surface area contributed by atoms with Gasteiger partial charge in [0.15, 0.2) is 0 Å². The van der Waals surface area contributed by atoms with E-state index in [0.29, 0.717) is 51.1 Å². The smallest absolute Gasteiger partial charge is 0.137 e. The van der Waals surface area contributed by atoms with E-state index in [1.807, 2.05) is 38.1 Å². The molecule has 2 heterocycles. The number of rotatable bonds is 13. The third-order valence-electron chi connectivity index (χ3n) is 3.82. The highest BCUT2D eigenvalue weighted by molar-refractivity contribution is 5.21. The molecule has 0 amide bonds. The summed E-state index contributed by atoms with van der Waals surface area (Å²) in [5.41, 5.74) is 13.2. The van der Waals surface area contributed by atoms with Crippen LogP contribution < -0.4 is 20.9 Å². The number of nitrogens with two attached hydrogens (primary N) is 2. The molecule has 2 atom stereocenters. The minimum atomic E-state index is -0.0834. The van der Waals surface area contributed by atoms with Crippen molar-refractivity contribution in [3.05, 3.63) is 48.0 Å². The highest BCUT2D eigenvalue weighted by Gasteiger charge is 2.02. The van der Waals surface area contributed by atoms with Gasteiger partial charge in [-0.15, -0.1) is 0 Å². The van der Waals surface area contributed by atoms with Gasteiger partial charge in [-0.2, -0.15) is 0 Å². The average Bonchev–Trinajstić information content (AvgIpc) is 2.70. The van der Waals surface area contributed by atoms with Gasteiger partial charge >= 0.3 is 0 Å². The van der Waals surface area contributed by atoms with Crippen LogP contribution >= 0.6 is 0 Å². The molecule has 2 aromatic heterocycles. The standard InChI is InChI=1S/C20H30N4O4/c1-15(21)19-5-3-17(13-23-19)27-11-9-25-7-8-26-10-12-28-18-4-6-20(16(2)22)24-14-18/h3-6,13-16H,7-12,21-22H2,1-2H3/t15-,16-/m0/s1. The predicted molar refractivity (Wildman–Crippen MR) is 106 cm³/mol. The van der Waals surface area contributed by atoms with Crippen LogP contribution in [-0.4, -0.2) is 49.6 Å². The first kappa shape index (κ1) is 22.0. The van der Waals surface area contributed by atoms with E-state index in [0.717, 1.165) is 11.4 Å². The molecule has 0 aliphatic carbocycles. The van der Waals surface area contributed by atoms with E-state index in [-0.39, 0.29) is 12.1 Å². The van der Waals surface area contributed by atoms with Crippen LogP contribution in [0, 0.1) is 0 Å². The fourth-order valence-electron chi connectivity index (χ4n) is 2.25.